The van der Waals surface area contributed by atoms with Crippen molar-refractivity contribution in [3.63, 3.8) is 0 Å². The Morgan fingerprint density at radius 3 is 2.39 bits per heavy atom. The van der Waals surface area contributed by atoms with Gasteiger partial charge in [0.1, 0.15) is 12.4 Å². The van der Waals surface area contributed by atoms with E-state index in [-0.39, 0.29) is 5.69 Å². The topological polar surface area (TPSA) is 66.5 Å². The molecule has 1 amide bonds. The number of carbonyl (C=O) groups is 1. The number of anilines is 2. The van der Waals surface area contributed by atoms with Gasteiger partial charge in [0.05, 0.1) is 11.9 Å². The number of hydrogen-bond donors (Lipinski definition) is 1. The fraction of sp³-hybridized carbons (Fsp3) is 0.190. The predicted octanol–water partition coefficient (Wildman–Crippen LogP) is 3.48. The maximum atomic E-state index is 13.2. The minimum atomic E-state index is -3.71. The molecular formula is C21H19FN2O3S. The van der Waals surface area contributed by atoms with Gasteiger partial charge in [0.2, 0.25) is 15.9 Å². The average Bonchev–Trinajstić information content (AvgIpc) is 3.07. The highest BCUT2D eigenvalue weighted by atomic mass is 32.2. The molecule has 0 radical (unpaired) electrons. The molecular weight excluding hydrogens is 379 g/mol. The van der Waals surface area contributed by atoms with Crippen molar-refractivity contribution in [3.05, 3.63) is 71.5 Å². The van der Waals surface area contributed by atoms with Crippen molar-refractivity contribution < 1.29 is 17.6 Å². The Labute approximate surface area is 162 Å². The zero-order chi connectivity index (χ0) is 19.9. The van der Waals surface area contributed by atoms with Crippen LogP contribution in [0.15, 0.2) is 54.6 Å². The van der Waals surface area contributed by atoms with Crippen molar-refractivity contribution in [2.45, 2.75) is 12.8 Å². The van der Waals surface area contributed by atoms with Gasteiger partial charge >= 0.3 is 0 Å². The first-order valence-corrected chi connectivity index (χ1v) is 10.7. The first-order valence-electron chi connectivity index (χ1n) is 8.89. The highest BCUT2D eigenvalue weighted by Crippen LogP contribution is 2.35. The molecule has 5 nitrogen and oxygen atoms in total. The molecule has 0 heterocycles. The molecule has 0 atom stereocenters. The van der Waals surface area contributed by atoms with Gasteiger partial charge in [-0.3, -0.25) is 9.10 Å². The lowest BCUT2D eigenvalue weighted by Crippen LogP contribution is -2.37. The van der Waals surface area contributed by atoms with Gasteiger partial charge in [-0.2, -0.15) is 0 Å². The number of carbonyl (C=O) groups excluding carboxylic acids is 1. The summed E-state index contributed by atoms with van der Waals surface area (Å²) < 4.78 is 38.5. The van der Waals surface area contributed by atoms with E-state index in [9.17, 15) is 17.6 Å². The number of sulfonamides is 1. The van der Waals surface area contributed by atoms with Crippen LogP contribution >= 0.6 is 0 Å². The highest BCUT2D eigenvalue weighted by molar-refractivity contribution is 7.92. The van der Waals surface area contributed by atoms with E-state index in [0.717, 1.165) is 40.9 Å². The third kappa shape index (κ3) is 3.45. The Hall–Kier alpha value is -2.93. The second-order valence-corrected chi connectivity index (χ2v) is 8.81. The lowest BCUT2D eigenvalue weighted by atomic mass is 10.0. The maximum absolute atomic E-state index is 13.2. The summed E-state index contributed by atoms with van der Waals surface area (Å²) in [5.41, 5.74) is 3.40. The zero-order valence-electron chi connectivity index (χ0n) is 15.3. The van der Waals surface area contributed by atoms with Crippen molar-refractivity contribution in [2.75, 3.05) is 22.4 Å². The fourth-order valence-electron chi connectivity index (χ4n) is 3.68. The van der Waals surface area contributed by atoms with Gasteiger partial charge < -0.3 is 5.32 Å². The number of hydrogen-bond acceptors (Lipinski definition) is 3. The third-order valence-electron chi connectivity index (χ3n) is 4.95. The minimum absolute atomic E-state index is 0.236. The number of rotatable bonds is 5. The molecule has 0 fully saturated rings. The lowest BCUT2D eigenvalue weighted by molar-refractivity contribution is -0.114. The summed E-state index contributed by atoms with van der Waals surface area (Å²) in [6.07, 6.45) is 2.98. The van der Waals surface area contributed by atoms with Crippen LogP contribution in [0, 0.1) is 5.82 Å². The van der Waals surface area contributed by atoms with E-state index in [0.29, 0.717) is 5.69 Å². The molecule has 0 aliphatic heterocycles. The first-order chi connectivity index (χ1) is 13.3. The molecule has 0 unspecified atom stereocenters. The quantitative estimate of drug-likeness (QED) is 0.716. The Morgan fingerprint density at radius 2 is 1.71 bits per heavy atom. The van der Waals surface area contributed by atoms with E-state index in [1.54, 1.807) is 0 Å². The van der Waals surface area contributed by atoms with E-state index in [2.05, 4.69) is 11.4 Å². The third-order valence-corrected chi connectivity index (χ3v) is 6.09. The molecule has 1 aliphatic carbocycles. The van der Waals surface area contributed by atoms with Gasteiger partial charge in [-0.15, -0.1) is 0 Å². The average molecular weight is 398 g/mol. The molecule has 0 aromatic heterocycles. The fourth-order valence-corrected chi connectivity index (χ4v) is 4.54. The molecule has 4 rings (SSSR count). The normalized spacial score (nSPS) is 12.9. The maximum Gasteiger partial charge on any atom is 0.245 e. The number of aryl methyl sites for hydroxylation is 2. The second-order valence-electron chi connectivity index (χ2n) is 6.91. The zero-order valence-corrected chi connectivity index (χ0v) is 16.1. The molecule has 28 heavy (non-hydrogen) atoms. The van der Waals surface area contributed by atoms with Crippen LogP contribution in [0.4, 0.5) is 15.8 Å². The summed E-state index contributed by atoms with van der Waals surface area (Å²) in [4.78, 5) is 12.6. The van der Waals surface area contributed by atoms with Crippen LogP contribution in [-0.4, -0.2) is 27.1 Å². The Balaban J connectivity index is 1.62. The van der Waals surface area contributed by atoms with E-state index in [1.807, 2.05) is 24.3 Å². The van der Waals surface area contributed by atoms with Gasteiger partial charge in [-0.25, -0.2) is 12.8 Å². The van der Waals surface area contributed by atoms with Gasteiger partial charge in [-0.1, -0.05) is 24.3 Å². The summed E-state index contributed by atoms with van der Waals surface area (Å²) in [5.74, 6) is -0.942. The minimum Gasteiger partial charge on any atom is -0.324 e. The Kier molecular flexibility index (Phi) is 4.55. The van der Waals surface area contributed by atoms with Crippen molar-refractivity contribution in [1.29, 1.82) is 0 Å². The van der Waals surface area contributed by atoms with E-state index in [4.69, 9.17) is 0 Å². The summed E-state index contributed by atoms with van der Waals surface area (Å²) in [6, 6.07) is 14.9. The van der Waals surface area contributed by atoms with Crippen molar-refractivity contribution >= 4 is 38.1 Å². The SMILES string of the molecule is CS(=O)(=O)N(CC(=O)Nc1ccc2c3c(cccc13)CC2)c1ccc(F)cc1. The van der Waals surface area contributed by atoms with Crippen molar-refractivity contribution in [3.8, 4) is 0 Å². The Morgan fingerprint density at radius 1 is 1.04 bits per heavy atom. The number of nitrogens with one attached hydrogen (secondary N) is 1. The monoisotopic (exact) mass is 398 g/mol. The number of nitrogens with zero attached hydrogens (tertiary/aromatic N) is 1. The second kappa shape index (κ2) is 6.91. The van der Waals surface area contributed by atoms with E-state index in [1.165, 1.54) is 28.6 Å². The molecule has 3 aromatic carbocycles. The molecule has 144 valence electrons. The van der Waals surface area contributed by atoms with Crippen LogP contribution in [0.25, 0.3) is 10.8 Å². The van der Waals surface area contributed by atoms with Gasteiger partial charge in [0, 0.05) is 11.1 Å². The molecule has 1 N–H and O–H groups in total. The first kappa shape index (κ1) is 18.4. The molecule has 0 saturated carbocycles. The van der Waals surface area contributed by atoms with Crippen LogP contribution in [0.1, 0.15) is 11.1 Å². The summed E-state index contributed by atoms with van der Waals surface area (Å²) in [6.45, 7) is -0.395. The Bertz CT molecular complexity index is 1160. The van der Waals surface area contributed by atoms with Gasteiger partial charge in [0.15, 0.2) is 0 Å². The summed E-state index contributed by atoms with van der Waals surface area (Å²) in [5, 5.41) is 4.95. The molecule has 0 spiro atoms. The molecule has 0 bridgehead atoms. The summed E-state index contributed by atoms with van der Waals surface area (Å²) in [7, 11) is -3.71. The van der Waals surface area contributed by atoms with Gasteiger partial charge in [0.25, 0.3) is 0 Å². The van der Waals surface area contributed by atoms with Crippen LogP contribution in [0.2, 0.25) is 0 Å². The van der Waals surface area contributed by atoms with Crippen LogP contribution in [0.5, 0.6) is 0 Å². The molecule has 0 saturated heterocycles. The highest BCUT2D eigenvalue weighted by Gasteiger charge is 2.22. The van der Waals surface area contributed by atoms with Crippen molar-refractivity contribution in [2.24, 2.45) is 0 Å². The smallest absolute Gasteiger partial charge is 0.245 e. The molecule has 7 heteroatoms. The van der Waals surface area contributed by atoms with Crippen LogP contribution in [-0.2, 0) is 27.7 Å². The molecule has 1 aliphatic rings. The van der Waals surface area contributed by atoms with E-state index < -0.39 is 28.3 Å². The number of benzene rings is 3. The van der Waals surface area contributed by atoms with Gasteiger partial charge in [-0.05, 0) is 59.7 Å². The summed E-state index contributed by atoms with van der Waals surface area (Å²) >= 11 is 0. The largest absolute Gasteiger partial charge is 0.324 e. The lowest BCUT2D eigenvalue weighted by Gasteiger charge is -2.22. The number of halogens is 1. The predicted molar refractivity (Wildman–Crippen MR) is 109 cm³/mol. The standard InChI is InChI=1S/C21H19FN2O3S/c1-28(26,27)24(17-10-8-16(22)9-11-17)13-20(25)23-19-12-7-15-6-5-14-3-2-4-18(19)21(14)15/h2-4,7-12H,5-6,13H2,1H3,(H,23,25). The molecule has 3 aromatic rings. The number of amides is 1. The van der Waals surface area contributed by atoms with E-state index >= 15 is 0 Å². The van der Waals surface area contributed by atoms with Crippen LogP contribution < -0.4 is 9.62 Å². The van der Waals surface area contributed by atoms with Crippen LogP contribution in [0.3, 0.4) is 0 Å². The van der Waals surface area contributed by atoms with Crippen molar-refractivity contribution in [1.82, 2.24) is 0 Å².